The minimum atomic E-state index is -5.03. The van der Waals surface area contributed by atoms with Crippen LogP contribution >= 0.6 is 30.4 Å². The molecular formula is C49H82IN4O12P. The summed E-state index contributed by atoms with van der Waals surface area (Å²) in [5, 5.41) is 25.6. The van der Waals surface area contributed by atoms with Gasteiger partial charge in [0.2, 0.25) is 0 Å². The number of aromatic hydroxyl groups is 1. The van der Waals surface area contributed by atoms with Gasteiger partial charge in [-0.2, -0.15) is 0 Å². The molecular weight excluding hydrogens is 994 g/mol. The number of benzene rings is 1. The van der Waals surface area contributed by atoms with Crippen LogP contribution in [0.2, 0.25) is 0 Å². The van der Waals surface area contributed by atoms with Crippen molar-refractivity contribution >= 4 is 59.9 Å². The summed E-state index contributed by atoms with van der Waals surface area (Å²) in [5.41, 5.74) is 8.38. The van der Waals surface area contributed by atoms with Crippen molar-refractivity contribution in [2.24, 2.45) is 5.11 Å². The summed E-state index contributed by atoms with van der Waals surface area (Å²) in [5.74, 6) is -4.37. The topological polar surface area (TPSA) is 244 Å². The maximum atomic E-state index is 12.9. The number of phenolic OH excluding ortho intramolecular Hbond substituents is 1. The van der Waals surface area contributed by atoms with E-state index in [0.29, 0.717) is 12.8 Å². The van der Waals surface area contributed by atoms with E-state index < -0.39 is 69.4 Å². The number of amides is 1. The second-order valence-corrected chi connectivity index (χ2v) is 19.8. The highest BCUT2D eigenvalue weighted by molar-refractivity contribution is 14.1. The van der Waals surface area contributed by atoms with Crippen LogP contribution in [0.5, 0.6) is 5.75 Å². The number of carboxylic acids is 1. The molecule has 16 nitrogen and oxygen atoms in total. The molecule has 1 amide bonds. The highest BCUT2D eigenvalue weighted by atomic mass is 127. The minimum absolute atomic E-state index is 0.0377. The smallest absolute Gasteiger partial charge is 0.472 e. The van der Waals surface area contributed by atoms with E-state index in [1.165, 1.54) is 115 Å². The van der Waals surface area contributed by atoms with Crippen molar-refractivity contribution in [2.45, 2.75) is 219 Å². The Balaban J connectivity index is 2.62. The number of phenols is 1. The highest BCUT2D eigenvalue weighted by Gasteiger charge is 2.31. The van der Waals surface area contributed by atoms with Crippen LogP contribution in [0.25, 0.3) is 10.4 Å². The number of nitrogens with one attached hydrogen (secondary N) is 1. The van der Waals surface area contributed by atoms with Crippen LogP contribution in [-0.2, 0) is 37.5 Å². The van der Waals surface area contributed by atoms with Crippen LogP contribution in [-0.4, -0.2) is 70.9 Å². The number of allylic oxidation sites excluding steroid dienone is 2. The lowest BCUT2D eigenvalue weighted by molar-refractivity contribution is -0.161. The number of carbonyl (C=O) groups excluding carboxylic acids is 3. The summed E-state index contributed by atoms with van der Waals surface area (Å²) < 4.78 is 33.8. The number of ether oxygens (including phenoxy) is 2. The van der Waals surface area contributed by atoms with Gasteiger partial charge in [-0.25, -0.2) is 9.36 Å². The van der Waals surface area contributed by atoms with Gasteiger partial charge in [-0.15, -0.1) is 0 Å². The number of hydrogen-bond donors (Lipinski definition) is 4. The molecule has 0 saturated carbocycles. The number of aliphatic carboxylic acids is 1. The lowest BCUT2D eigenvalue weighted by Gasteiger charge is -2.21. The van der Waals surface area contributed by atoms with E-state index in [0.717, 1.165) is 63.9 Å². The molecule has 1 aromatic rings. The molecule has 0 aliphatic carbocycles. The van der Waals surface area contributed by atoms with Crippen LogP contribution in [0.15, 0.2) is 29.4 Å². The largest absolute Gasteiger partial charge is 0.506 e. The third-order valence-corrected chi connectivity index (χ3v) is 13.3. The number of rotatable bonds is 44. The van der Waals surface area contributed by atoms with Crippen LogP contribution in [0.3, 0.4) is 0 Å². The number of nitrogens with zero attached hydrogens (tertiary/aromatic N) is 3. The van der Waals surface area contributed by atoms with Crippen LogP contribution in [0.4, 0.5) is 5.69 Å². The number of azide groups is 1. The Bertz CT molecular complexity index is 1660. The highest BCUT2D eigenvalue weighted by Crippen LogP contribution is 2.43. The first-order valence-electron chi connectivity index (χ1n) is 25.1. The number of phosphoric ester groups is 1. The van der Waals surface area contributed by atoms with Gasteiger partial charge >= 0.3 is 25.7 Å². The normalized spacial score (nSPS) is 13.1. The Morgan fingerprint density at radius 2 is 1.15 bits per heavy atom. The molecule has 1 aromatic carbocycles. The monoisotopic (exact) mass is 1080 g/mol. The zero-order valence-corrected chi connectivity index (χ0v) is 43.5. The van der Waals surface area contributed by atoms with Crippen LogP contribution < -0.4 is 5.32 Å². The van der Waals surface area contributed by atoms with Crippen molar-refractivity contribution in [3.8, 4) is 5.75 Å². The van der Waals surface area contributed by atoms with Crippen LogP contribution in [0, 0.1) is 3.57 Å². The van der Waals surface area contributed by atoms with E-state index in [-0.39, 0.29) is 27.7 Å². The predicted molar refractivity (Wildman–Crippen MR) is 270 cm³/mol. The van der Waals surface area contributed by atoms with E-state index in [1.54, 1.807) is 22.6 Å². The van der Waals surface area contributed by atoms with Gasteiger partial charge in [0.1, 0.15) is 12.4 Å². The zero-order valence-electron chi connectivity index (χ0n) is 40.5. The number of halogens is 1. The molecule has 3 unspecified atom stereocenters. The molecule has 0 aliphatic rings. The molecule has 0 heterocycles. The number of unbranched alkanes of at least 4 members (excludes halogenated alkanes) is 25. The average molecular weight is 1080 g/mol. The van der Waals surface area contributed by atoms with Crippen molar-refractivity contribution in [1.29, 1.82) is 0 Å². The van der Waals surface area contributed by atoms with Gasteiger partial charge < -0.3 is 29.9 Å². The molecule has 3 atom stereocenters. The second kappa shape index (κ2) is 40.7. The fourth-order valence-electron chi connectivity index (χ4n) is 7.26. The zero-order chi connectivity index (χ0) is 49.4. The lowest BCUT2D eigenvalue weighted by Crippen LogP contribution is -2.44. The van der Waals surface area contributed by atoms with Gasteiger partial charge in [-0.3, -0.25) is 23.4 Å². The van der Waals surface area contributed by atoms with Gasteiger partial charge in [0.15, 0.2) is 12.1 Å². The molecule has 0 aliphatic heterocycles. The molecule has 0 radical (unpaired) electrons. The first-order chi connectivity index (χ1) is 32.3. The van der Waals surface area contributed by atoms with Gasteiger partial charge in [-0.1, -0.05) is 178 Å². The van der Waals surface area contributed by atoms with E-state index in [1.807, 2.05) is 0 Å². The molecule has 0 saturated heterocycles. The van der Waals surface area contributed by atoms with Crippen molar-refractivity contribution < 1.29 is 57.4 Å². The SMILES string of the molecule is CCCCCCCC/C=C/CCCCCCCC(=O)OC(COC(=O)CCCCCCCCCCCCCCCCC)COP(=O)(O)OCC(NC(=O)c1ccc(N=[N+]=[N-])c(I)c1O)C(=O)O. The molecule has 382 valence electrons. The fraction of sp³-hybridized carbons (Fsp3) is 0.755. The molecule has 0 aromatic heterocycles. The summed E-state index contributed by atoms with van der Waals surface area (Å²) >= 11 is 1.65. The third kappa shape index (κ3) is 33.0. The first-order valence-corrected chi connectivity index (χ1v) is 27.6. The van der Waals surface area contributed by atoms with Crippen molar-refractivity contribution in [3.05, 3.63) is 43.9 Å². The summed E-state index contributed by atoms with van der Waals surface area (Å²) in [6.45, 7) is 2.28. The second-order valence-electron chi connectivity index (χ2n) is 17.2. The maximum absolute atomic E-state index is 12.9. The third-order valence-electron chi connectivity index (χ3n) is 11.3. The Morgan fingerprint density at radius 1 is 0.701 bits per heavy atom. The molecule has 4 N–H and O–H groups in total. The molecule has 0 spiro atoms. The average Bonchev–Trinajstić information content (AvgIpc) is 3.30. The molecule has 0 fully saturated rings. The Hall–Kier alpha value is -3.21. The number of phosphoric acid groups is 1. The molecule has 18 heteroatoms. The number of esters is 2. The summed E-state index contributed by atoms with van der Waals surface area (Å²) in [6.07, 6.45) is 35.7. The summed E-state index contributed by atoms with van der Waals surface area (Å²) in [4.78, 5) is 63.4. The van der Waals surface area contributed by atoms with Crippen molar-refractivity contribution in [1.82, 2.24) is 5.32 Å². The number of hydrogen-bond acceptors (Lipinski definition) is 11. The van der Waals surface area contributed by atoms with Gasteiger partial charge in [0.25, 0.3) is 5.91 Å². The number of carboxylic acid groups (broad SMARTS) is 1. The van der Waals surface area contributed by atoms with Gasteiger partial charge in [0.05, 0.1) is 28.0 Å². The molecule has 0 bridgehead atoms. The van der Waals surface area contributed by atoms with E-state index in [9.17, 15) is 38.8 Å². The van der Waals surface area contributed by atoms with E-state index >= 15 is 0 Å². The molecule has 1 rings (SSSR count). The van der Waals surface area contributed by atoms with Gasteiger partial charge in [-0.05, 0) is 72.7 Å². The first kappa shape index (κ1) is 61.8. The minimum Gasteiger partial charge on any atom is -0.506 e. The maximum Gasteiger partial charge on any atom is 0.472 e. The summed E-state index contributed by atoms with van der Waals surface area (Å²) in [7, 11) is -5.03. The Morgan fingerprint density at radius 3 is 1.63 bits per heavy atom. The predicted octanol–water partition coefficient (Wildman–Crippen LogP) is 14.0. The Labute approximate surface area is 413 Å². The fourth-order valence-corrected chi connectivity index (χ4v) is 8.60. The standard InChI is InChI=1S/C49H82IN4O12P/c1-3-5-7-9-11-13-15-17-19-21-23-25-27-29-31-33-44(55)63-37-40(66-45(56)34-32-30-28-26-24-22-20-18-16-14-12-10-8-6-4-2)38-64-67(61,62)65-39-43(49(59)60)52-48(58)41-35-36-42(53-54-51)46(50)47(41)57/h18,20,35-36,40,43,57H,3-17,19,21-34,37-39H2,1-2H3,(H,52,58)(H,59,60)(H,61,62)/b20-18+. The van der Waals surface area contributed by atoms with Gasteiger partial charge in [0, 0.05) is 17.8 Å². The quantitative estimate of drug-likeness (QED) is 0.00697. The Kier molecular flexibility index (Phi) is 37.5. The van der Waals surface area contributed by atoms with Crippen LogP contribution in [0.1, 0.15) is 217 Å². The number of carbonyl (C=O) groups is 4. The lowest BCUT2D eigenvalue weighted by atomic mass is 10.0. The molecule has 67 heavy (non-hydrogen) atoms. The van der Waals surface area contributed by atoms with Crippen molar-refractivity contribution in [2.75, 3.05) is 19.8 Å². The van der Waals surface area contributed by atoms with E-state index in [4.69, 9.17) is 24.1 Å². The van der Waals surface area contributed by atoms with E-state index in [2.05, 4.69) is 41.3 Å². The summed E-state index contributed by atoms with van der Waals surface area (Å²) in [6, 6.07) is 0.493. The van der Waals surface area contributed by atoms with Crippen molar-refractivity contribution in [3.63, 3.8) is 0 Å².